The number of methoxy groups -OCH3 is 1. The molecule has 9 nitrogen and oxygen atoms in total. The van der Waals surface area contributed by atoms with Gasteiger partial charge in [-0.05, 0) is 63.8 Å². The Hall–Kier alpha value is -3.62. The topological polar surface area (TPSA) is 117 Å². The first-order valence-electron chi connectivity index (χ1n) is 12.7. The minimum absolute atomic E-state index is 0.0611. The number of guanidine groups is 1. The Labute approximate surface area is 217 Å². The third-order valence-corrected chi connectivity index (χ3v) is 7.44. The van der Waals surface area contributed by atoms with Crippen LogP contribution in [0.25, 0.3) is 0 Å². The molecule has 2 fully saturated rings. The average molecular weight is 506 g/mol. The van der Waals surface area contributed by atoms with Crippen molar-refractivity contribution in [3.05, 3.63) is 53.9 Å². The lowest BCUT2D eigenvalue weighted by Crippen LogP contribution is -2.60. The standard InChI is InChI=1S/C28H35N5O4/c1-27(2)14-22(34)33(26(29)32-27)24(16-8-7-11-30-15-16)17-12-18(17)25(35)31-19-13-28(3,4)37-21-10-6-9-20(36-5)23(19)21/h6-11,15,17-19,24H,12-14H2,1-5H3,(H2,29,32)(H,31,35)/t17-,18-,19?,24-/m1/s1. The van der Waals surface area contributed by atoms with Crippen LogP contribution in [0.1, 0.15) is 70.2 Å². The van der Waals surface area contributed by atoms with E-state index in [1.54, 1.807) is 19.5 Å². The van der Waals surface area contributed by atoms with Gasteiger partial charge in [0.1, 0.15) is 17.1 Å². The predicted octanol–water partition coefficient (Wildman–Crippen LogP) is 3.72. The largest absolute Gasteiger partial charge is 0.496 e. The van der Waals surface area contributed by atoms with E-state index < -0.39 is 17.2 Å². The minimum atomic E-state index is -0.493. The second-order valence-electron chi connectivity index (χ2n) is 11.5. The highest BCUT2D eigenvalue weighted by Crippen LogP contribution is 2.52. The van der Waals surface area contributed by atoms with Crippen LogP contribution >= 0.6 is 0 Å². The number of fused-ring (bicyclic) bond motifs is 1. The lowest BCUT2D eigenvalue weighted by Gasteiger charge is -2.42. The number of nitrogens with zero attached hydrogens (tertiary/aromatic N) is 2. The maximum Gasteiger partial charge on any atom is 0.232 e. The van der Waals surface area contributed by atoms with Gasteiger partial charge in [-0.25, -0.2) is 0 Å². The van der Waals surface area contributed by atoms with E-state index >= 15 is 0 Å². The van der Waals surface area contributed by atoms with E-state index in [-0.39, 0.29) is 42.1 Å². The monoisotopic (exact) mass is 505 g/mol. The van der Waals surface area contributed by atoms with E-state index in [4.69, 9.17) is 14.9 Å². The number of ether oxygens (including phenoxy) is 2. The predicted molar refractivity (Wildman–Crippen MR) is 138 cm³/mol. The number of benzene rings is 1. The Morgan fingerprint density at radius 2 is 2.05 bits per heavy atom. The number of nitrogens with one attached hydrogen (secondary N) is 3. The molecule has 0 radical (unpaired) electrons. The van der Waals surface area contributed by atoms with Crippen molar-refractivity contribution in [3.8, 4) is 11.5 Å². The van der Waals surface area contributed by atoms with Gasteiger partial charge in [0, 0.05) is 36.7 Å². The molecule has 3 aliphatic rings. The summed E-state index contributed by atoms with van der Waals surface area (Å²) in [5.41, 5.74) is 0.721. The Morgan fingerprint density at radius 3 is 2.73 bits per heavy atom. The van der Waals surface area contributed by atoms with Crippen molar-refractivity contribution in [2.45, 2.75) is 70.2 Å². The molecule has 0 bridgehead atoms. The van der Waals surface area contributed by atoms with Crippen LogP contribution in [0.4, 0.5) is 0 Å². The number of aromatic nitrogens is 1. The molecule has 37 heavy (non-hydrogen) atoms. The highest BCUT2D eigenvalue weighted by molar-refractivity contribution is 5.99. The number of carbonyl (C=O) groups excluding carboxylic acids is 2. The molecule has 4 atom stereocenters. The Kier molecular flexibility index (Phi) is 6.12. The third kappa shape index (κ3) is 4.86. The van der Waals surface area contributed by atoms with E-state index in [2.05, 4.69) is 15.6 Å². The van der Waals surface area contributed by atoms with Crippen LogP contribution in [0.3, 0.4) is 0 Å². The number of hydrogen-bond acceptors (Lipinski definition) is 6. The molecule has 5 rings (SSSR count). The molecule has 2 amide bonds. The zero-order chi connectivity index (χ0) is 26.5. The van der Waals surface area contributed by atoms with Crippen molar-refractivity contribution in [1.82, 2.24) is 20.5 Å². The maximum atomic E-state index is 13.6. The first-order valence-corrected chi connectivity index (χ1v) is 12.7. The van der Waals surface area contributed by atoms with Crippen LogP contribution < -0.4 is 20.1 Å². The zero-order valence-electron chi connectivity index (χ0n) is 22.0. The van der Waals surface area contributed by atoms with Gasteiger partial charge >= 0.3 is 0 Å². The fourth-order valence-corrected chi connectivity index (χ4v) is 5.78. The molecule has 196 valence electrons. The quantitative estimate of drug-likeness (QED) is 0.551. The van der Waals surface area contributed by atoms with Crippen LogP contribution in [-0.4, -0.2) is 45.9 Å². The number of rotatable bonds is 6. The average Bonchev–Trinajstić information content (AvgIpc) is 3.60. The normalized spacial score (nSPS) is 26.3. The van der Waals surface area contributed by atoms with Crippen molar-refractivity contribution in [1.29, 1.82) is 5.41 Å². The maximum absolute atomic E-state index is 13.6. The molecular weight excluding hydrogens is 470 g/mol. The summed E-state index contributed by atoms with van der Waals surface area (Å²) >= 11 is 0. The van der Waals surface area contributed by atoms with Crippen molar-refractivity contribution in [2.75, 3.05) is 7.11 Å². The van der Waals surface area contributed by atoms with Gasteiger partial charge in [0.05, 0.1) is 24.8 Å². The molecule has 2 aliphatic heterocycles. The first-order chi connectivity index (χ1) is 17.5. The number of pyridine rings is 1. The van der Waals surface area contributed by atoms with Crippen molar-refractivity contribution in [2.24, 2.45) is 11.8 Å². The van der Waals surface area contributed by atoms with Crippen LogP contribution in [0.5, 0.6) is 11.5 Å². The fourth-order valence-electron chi connectivity index (χ4n) is 5.78. The third-order valence-electron chi connectivity index (χ3n) is 7.44. The molecule has 9 heteroatoms. The lowest BCUT2D eigenvalue weighted by atomic mass is 9.89. The van der Waals surface area contributed by atoms with Gasteiger partial charge in [-0.2, -0.15) is 0 Å². The highest BCUT2D eigenvalue weighted by Gasteiger charge is 2.54. The van der Waals surface area contributed by atoms with Crippen LogP contribution in [0.2, 0.25) is 0 Å². The molecule has 3 heterocycles. The summed E-state index contributed by atoms with van der Waals surface area (Å²) in [7, 11) is 1.61. The van der Waals surface area contributed by atoms with Crippen LogP contribution in [0.15, 0.2) is 42.7 Å². The number of hydrogen-bond donors (Lipinski definition) is 3. The van der Waals surface area contributed by atoms with E-state index in [1.807, 2.05) is 58.0 Å². The van der Waals surface area contributed by atoms with Gasteiger partial charge in [-0.15, -0.1) is 0 Å². The molecule has 2 aromatic rings. The fraction of sp³-hybridized carbons (Fsp3) is 0.500. The highest BCUT2D eigenvalue weighted by atomic mass is 16.5. The van der Waals surface area contributed by atoms with Gasteiger partial charge < -0.3 is 20.1 Å². The molecule has 1 aromatic heterocycles. The molecule has 1 aliphatic carbocycles. The van der Waals surface area contributed by atoms with Gasteiger partial charge in [-0.1, -0.05) is 12.1 Å². The Bertz CT molecular complexity index is 1210. The summed E-state index contributed by atoms with van der Waals surface area (Å²) < 4.78 is 11.8. The molecule has 1 unspecified atom stereocenters. The summed E-state index contributed by atoms with van der Waals surface area (Å²) in [5, 5.41) is 15.0. The molecule has 1 saturated heterocycles. The number of amides is 2. The summed E-state index contributed by atoms with van der Waals surface area (Å²) in [4.78, 5) is 32.6. The number of carbonyl (C=O) groups is 2. The van der Waals surface area contributed by atoms with E-state index in [9.17, 15) is 9.59 Å². The molecule has 1 aromatic carbocycles. The van der Waals surface area contributed by atoms with E-state index in [0.717, 1.165) is 11.1 Å². The van der Waals surface area contributed by atoms with Gasteiger partial charge in [0.25, 0.3) is 0 Å². The Balaban J connectivity index is 1.40. The van der Waals surface area contributed by atoms with Crippen molar-refractivity contribution in [3.63, 3.8) is 0 Å². The summed E-state index contributed by atoms with van der Waals surface area (Å²) in [6.07, 6.45) is 4.89. The van der Waals surface area contributed by atoms with Gasteiger partial charge in [0.2, 0.25) is 11.8 Å². The zero-order valence-corrected chi connectivity index (χ0v) is 22.0. The lowest BCUT2D eigenvalue weighted by molar-refractivity contribution is -0.133. The Morgan fingerprint density at radius 1 is 1.27 bits per heavy atom. The van der Waals surface area contributed by atoms with Crippen LogP contribution in [-0.2, 0) is 9.59 Å². The van der Waals surface area contributed by atoms with E-state index in [1.165, 1.54) is 4.90 Å². The van der Waals surface area contributed by atoms with Gasteiger partial charge in [-0.3, -0.25) is 24.9 Å². The summed E-state index contributed by atoms with van der Waals surface area (Å²) in [5.74, 6) is 0.848. The second kappa shape index (κ2) is 9.04. The van der Waals surface area contributed by atoms with Crippen molar-refractivity contribution < 1.29 is 19.1 Å². The smallest absolute Gasteiger partial charge is 0.232 e. The summed E-state index contributed by atoms with van der Waals surface area (Å²) in [6, 6.07) is 8.68. The van der Waals surface area contributed by atoms with E-state index in [0.29, 0.717) is 24.3 Å². The SMILES string of the molecule is COc1cccc2c1C(NC(=O)[C@@H]1C[C@H]1[C@@H](c1cccnc1)N1C(=N)NC(C)(C)CC1=O)CC(C)(C)O2. The second-order valence-corrected chi connectivity index (χ2v) is 11.5. The molecule has 3 N–H and O–H groups in total. The van der Waals surface area contributed by atoms with Gasteiger partial charge in [0.15, 0.2) is 5.96 Å². The van der Waals surface area contributed by atoms with Crippen LogP contribution in [0, 0.1) is 17.2 Å². The molecular formula is C28H35N5O4. The summed E-state index contributed by atoms with van der Waals surface area (Å²) in [6.45, 7) is 7.83. The molecule has 1 saturated carbocycles. The molecule has 0 spiro atoms. The first kappa shape index (κ1) is 25.0. The minimum Gasteiger partial charge on any atom is -0.496 e. The van der Waals surface area contributed by atoms with Crippen molar-refractivity contribution >= 4 is 17.8 Å².